The maximum absolute atomic E-state index is 5.16. The number of aryl methyl sites for hydroxylation is 1. The van der Waals surface area contributed by atoms with E-state index in [0.717, 1.165) is 25.6 Å². The molecule has 0 aliphatic carbocycles. The molecule has 3 nitrogen and oxygen atoms in total. The van der Waals surface area contributed by atoms with Crippen LogP contribution < -0.4 is 0 Å². The standard InChI is InChI=1S/C12H9N3S2/c1-15-12(16)17-11(14-15)10-7-6-8-4-2-3-5-9(8)13-10/h2-7H,1H3. The van der Waals surface area contributed by atoms with E-state index in [9.17, 15) is 0 Å². The highest BCUT2D eigenvalue weighted by atomic mass is 32.1. The first-order valence-electron chi connectivity index (χ1n) is 5.14. The average molecular weight is 259 g/mol. The van der Waals surface area contributed by atoms with Gasteiger partial charge in [-0.1, -0.05) is 35.6 Å². The Kier molecular flexibility index (Phi) is 2.49. The van der Waals surface area contributed by atoms with Gasteiger partial charge in [-0.25, -0.2) is 9.67 Å². The molecule has 3 rings (SSSR count). The normalized spacial score (nSPS) is 10.9. The first-order chi connectivity index (χ1) is 8.24. The number of nitrogens with zero attached hydrogens (tertiary/aromatic N) is 3. The van der Waals surface area contributed by atoms with Gasteiger partial charge in [0.15, 0.2) is 8.96 Å². The smallest absolute Gasteiger partial charge is 0.179 e. The van der Waals surface area contributed by atoms with Crippen LogP contribution in [0.15, 0.2) is 36.4 Å². The molecule has 0 amide bonds. The molecule has 2 heterocycles. The second-order valence-corrected chi connectivity index (χ2v) is 5.31. The molecule has 0 aliphatic rings. The minimum atomic E-state index is 0.759. The van der Waals surface area contributed by atoms with Crippen molar-refractivity contribution in [2.45, 2.75) is 0 Å². The number of rotatable bonds is 1. The lowest BCUT2D eigenvalue weighted by atomic mass is 10.2. The van der Waals surface area contributed by atoms with E-state index in [2.05, 4.69) is 16.1 Å². The molecule has 0 saturated carbocycles. The number of aromatic nitrogens is 3. The minimum absolute atomic E-state index is 0.759. The Hall–Kier alpha value is -1.59. The summed E-state index contributed by atoms with van der Waals surface area (Å²) in [7, 11) is 1.85. The lowest BCUT2D eigenvalue weighted by molar-refractivity contribution is 0.761. The number of hydrogen-bond acceptors (Lipinski definition) is 4. The molecular formula is C12H9N3S2. The van der Waals surface area contributed by atoms with Crippen LogP contribution in [0.4, 0.5) is 0 Å². The summed E-state index contributed by atoms with van der Waals surface area (Å²) in [4.78, 5) is 4.59. The molecule has 0 bridgehead atoms. The van der Waals surface area contributed by atoms with Crippen molar-refractivity contribution in [1.29, 1.82) is 0 Å². The van der Waals surface area contributed by atoms with Gasteiger partial charge in [0.1, 0.15) is 5.69 Å². The molecule has 17 heavy (non-hydrogen) atoms. The number of benzene rings is 1. The number of hydrogen-bond donors (Lipinski definition) is 0. The number of para-hydroxylation sites is 1. The summed E-state index contributed by atoms with van der Waals surface area (Å²) in [5, 5.41) is 6.35. The summed E-state index contributed by atoms with van der Waals surface area (Å²) in [5.74, 6) is 0. The predicted molar refractivity (Wildman–Crippen MR) is 72.7 cm³/mol. The van der Waals surface area contributed by atoms with Crippen LogP contribution in [0.1, 0.15) is 0 Å². The van der Waals surface area contributed by atoms with Gasteiger partial charge in [0.2, 0.25) is 0 Å². The van der Waals surface area contributed by atoms with Crippen molar-refractivity contribution in [3.05, 3.63) is 40.4 Å². The molecule has 0 spiro atoms. The number of fused-ring (bicyclic) bond motifs is 1. The van der Waals surface area contributed by atoms with Crippen LogP contribution in [-0.4, -0.2) is 14.8 Å². The summed E-state index contributed by atoms with van der Waals surface area (Å²) in [5.41, 5.74) is 1.86. The fraction of sp³-hybridized carbons (Fsp3) is 0.0833. The lowest BCUT2D eigenvalue weighted by Crippen LogP contribution is -1.91. The summed E-state index contributed by atoms with van der Waals surface area (Å²) in [6, 6.07) is 12.1. The average Bonchev–Trinajstić information content (AvgIpc) is 2.69. The van der Waals surface area contributed by atoms with Crippen LogP contribution in [0.5, 0.6) is 0 Å². The van der Waals surface area contributed by atoms with Crippen LogP contribution in [0.25, 0.3) is 21.6 Å². The van der Waals surface area contributed by atoms with Crippen molar-refractivity contribution in [2.75, 3.05) is 0 Å². The quantitative estimate of drug-likeness (QED) is 0.627. The number of pyridine rings is 1. The third-order valence-electron chi connectivity index (χ3n) is 2.51. The molecule has 0 N–H and O–H groups in total. The predicted octanol–water partition coefficient (Wildman–Crippen LogP) is 3.43. The van der Waals surface area contributed by atoms with Gasteiger partial charge in [0.05, 0.1) is 5.52 Å². The third kappa shape index (κ3) is 1.87. The zero-order valence-corrected chi connectivity index (χ0v) is 10.8. The largest absolute Gasteiger partial charge is 0.247 e. The van der Waals surface area contributed by atoms with Crippen LogP contribution >= 0.6 is 23.6 Å². The van der Waals surface area contributed by atoms with E-state index in [-0.39, 0.29) is 0 Å². The van der Waals surface area contributed by atoms with Gasteiger partial charge in [-0.3, -0.25) is 0 Å². The van der Waals surface area contributed by atoms with E-state index in [1.165, 1.54) is 11.3 Å². The Morgan fingerprint density at radius 1 is 1.18 bits per heavy atom. The molecule has 0 atom stereocenters. The van der Waals surface area contributed by atoms with Gasteiger partial charge < -0.3 is 0 Å². The maximum atomic E-state index is 5.16. The molecule has 0 saturated heterocycles. The molecule has 0 radical (unpaired) electrons. The van der Waals surface area contributed by atoms with Crippen LogP contribution in [0, 0.1) is 3.95 Å². The first kappa shape index (κ1) is 10.6. The summed E-state index contributed by atoms with van der Waals surface area (Å²) in [6.45, 7) is 0. The molecule has 1 aromatic carbocycles. The zero-order chi connectivity index (χ0) is 11.8. The first-order valence-corrected chi connectivity index (χ1v) is 6.37. The molecule has 3 aromatic rings. The van der Waals surface area contributed by atoms with Crippen molar-refractivity contribution < 1.29 is 0 Å². The second kappa shape index (κ2) is 4.01. The van der Waals surface area contributed by atoms with E-state index in [1.807, 2.05) is 37.4 Å². The molecule has 0 fully saturated rings. The second-order valence-electron chi connectivity index (χ2n) is 3.69. The van der Waals surface area contributed by atoms with Crippen molar-refractivity contribution >= 4 is 34.5 Å². The molecule has 0 aliphatic heterocycles. The highest BCUT2D eigenvalue weighted by Gasteiger charge is 2.06. The van der Waals surface area contributed by atoms with Crippen LogP contribution in [-0.2, 0) is 7.05 Å². The molecular weight excluding hydrogens is 250 g/mol. The van der Waals surface area contributed by atoms with Crippen molar-refractivity contribution in [3.8, 4) is 10.7 Å². The van der Waals surface area contributed by atoms with Gasteiger partial charge >= 0.3 is 0 Å². The van der Waals surface area contributed by atoms with E-state index in [0.29, 0.717) is 0 Å². The highest BCUT2D eigenvalue weighted by molar-refractivity contribution is 7.73. The van der Waals surface area contributed by atoms with E-state index in [4.69, 9.17) is 12.2 Å². The molecule has 2 aromatic heterocycles. The minimum Gasteiger partial charge on any atom is -0.247 e. The Morgan fingerprint density at radius 3 is 2.76 bits per heavy atom. The Morgan fingerprint density at radius 2 is 2.00 bits per heavy atom. The van der Waals surface area contributed by atoms with E-state index in [1.54, 1.807) is 4.68 Å². The van der Waals surface area contributed by atoms with Gasteiger partial charge in [-0.15, -0.1) is 0 Å². The van der Waals surface area contributed by atoms with E-state index >= 15 is 0 Å². The van der Waals surface area contributed by atoms with Gasteiger partial charge in [-0.2, -0.15) is 5.10 Å². The Balaban J connectivity index is 2.21. The summed E-state index contributed by atoms with van der Waals surface area (Å²) >= 11 is 6.64. The lowest BCUT2D eigenvalue weighted by Gasteiger charge is -1.98. The third-order valence-corrected chi connectivity index (χ3v) is 3.94. The molecule has 0 unspecified atom stereocenters. The fourth-order valence-corrected chi connectivity index (χ4v) is 2.63. The van der Waals surface area contributed by atoms with Crippen molar-refractivity contribution in [2.24, 2.45) is 7.05 Å². The monoisotopic (exact) mass is 259 g/mol. The van der Waals surface area contributed by atoms with Gasteiger partial charge in [0.25, 0.3) is 0 Å². The van der Waals surface area contributed by atoms with Gasteiger partial charge in [-0.05, 0) is 24.4 Å². The highest BCUT2D eigenvalue weighted by Crippen LogP contribution is 2.23. The van der Waals surface area contributed by atoms with Crippen LogP contribution in [0.2, 0.25) is 0 Å². The van der Waals surface area contributed by atoms with Gasteiger partial charge in [0, 0.05) is 12.4 Å². The Bertz CT molecular complexity index is 743. The fourth-order valence-electron chi connectivity index (χ4n) is 1.63. The topological polar surface area (TPSA) is 30.7 Å². The van der Waals surface area contributed by atoms with Crippen LogP contribution in [0.3, 0.4) is 0 Å². The van der Waals surface area contributed by atoms with Crippen molar-refractivity contribution in [1.82, 2.24) is 14.8 Å². The summed E-state index contributed by atoms with van der Waals surface area (Å²) in [6.07, 6.45) is 0. The maximum Gasteiger partial charge on any atom is 0.179 e. The van der Waals surface area contributed by atoms with Crippen molar-refractivity contribution in [3.63, 3.8) is 0 Å². The zero-order valence-electron chi connectivity index (χ0n) is 9.12. The molecule has 84 valence electrons. The molecule has 5 heteroatoms. The van der Waals surface area contributed by atoms with E-state index < -0.39 is 0 Å². The summed E-state index contributed by atoms with van der Waals surface area (Å²) < 4.78 is 2.46. The SMILES string of the molecule is Cn1nc(-c2ccc3ccccc3n2)sc1=S. The Labute approximate surface area is 107 Å².